The highest BCUT2D eigenvalue weighted by Crippen LogP contribution is 2.19. The van der Waals surface area contributed by atoms with Crippen molar-refractivity contribution < 1.29 is 19.1 Å². The van der Waals surface area contributed by atoms with Gasteiger partial charge in [-0.2, -0.15) is 0 Å². The summed E-state index contributed by atoms with van der Waals surface area (Å²) in [6, 6.07) is 15.2. The van der Waals surface area contributed by atoms with Crippen molar-refractivity contribution in [2.45, 2.75) is 20.4 Å². The van der Waals surface area contributed by atoms with Gasteiger partial charge in [0.15, 0.2) is 6.61 Å². The largest absolute Gasteiger partial charge is 0.493 e. The smallest absolute Gasteiger partial charge is 0.331 e. The highest BCUT2D eigenvalue weighted by molar-refractivity contribution is 5.89. The summed E-state index contributed by atoms with van der Waals surface area (Å²) in [7, 11) is 0. The molecule has 2 aromatic rings. The van der Waals surface area contributed by atoms with Gasteiger partial charge in [0.2, 0.25) is 0 Å². The summed E-state index contributed by atoms with van der Waals surface area (Å²) in [5.41, 5.74) is 2.92. The van der Waals surface area contributed by atoms with Gasteiger partial charge < -0.3 is 14.8 Å². The van der Waals surface area contributed by atoms with Crippen molar-refractivity contribution in [3.8, 4) is 5.75 Å². The van der Waals surface area contributed by atoms with E-state index in [1.807, 2.05) is 62.4 Å². The molecule has 0 fully saturated rings. The van der Waals surface area contributed by atoms with Gasteiger partial charge in [-0.05, 0) is 31.6 Å². The summed E-state index contributed by atoms with van der Waals surface area (Å²) in [5, 5.41) is 2.71. The summed E-state index contributed by atoms with van der Waals surface area (Å²) in [5.74, 6) is -0.237. The van der Waals surface area contributed by atoms with Crippen molar-refractivity contribution >= 4 is 18.0 Å². The fourth-order valence-electron chi connectivity index (χ4n) is 2.21. The zero-order chi connectivity index (χ0) is 18.8. The third-order valence-electron chi connectivity index (χ3n) is 3.57. The van der Waals surface area contributed by atoms with Crippen molar-refractivity contribution in [2.24, 2.45) is 0 Å². The van der Waals surface area contributed by atoms with Crippen LogP contribution in [-0.2, 0) is 20.9 Å². The standard InChI is InChI=1S/C21H23NO4/c1-3-25-19-7-5-4-6-18(19)12-13-21(24)26-15-20(23)22-14-17-10-8-16(2)9-11-17/h4-13H,3,14-15H2,1-2H3,(H,22,23)/b13-12+. The minimum Gasteiger partial charge on any atom is -0.493 e. The molecule has 136 valence electrons. The molecule has 0 unspecified atom stereocenters. The van der Waals surface area contributed by atoms with Crippen molar-refractivity contribution in [2.75, 3.05) is 13.2 Å². The average Bonchev–Trinajstić information content (AvgIpc) is 2.65. The van der Waals surface area contributed by atoms with E-state index in [1.165, 1.54) is 6.08 Å². The topological polar surface area (TPSA) is 64.6 Å². The van der Waals surface area contributed by atoms with Crippen molar-refractivity contribution in [3.05, 3.63) is 71.3 Å². The van der Waals surface area contributed by atoms with Crippen LogP contribution in [0.25, 0.3) is 6.08 Å². The first-order valence-electron chi connectivity index (χ1n) is 8.47. The molecule has 1 N–H and O–H groups in total. The molecule has 26 heavy (non-hydrogen) atoms. The van der Waals surface area contributed by atoms with E-state index in [2.05, 4.69) is 5.32 Å². The van der Waals surface area contributed by atoms with Crippen LogP contribution in [0.15, 0.2) is 54.6 Å². The Kier molecular flexibility index (Phi) is 7.43. The molecule has 0 bridgehead atoms. The fraction of sp³-hybridized carbons (Fsp3) is 0.238. The first kappa shape index (κ1) is 19.2. The van der Waals surface area contributed by atoms with Gasteiger partial charge in [0.25, 0.3) is 5.91 Å². The number of hydrogen-bond donors (Lipinski definition) is 1. The Morgan fingerprint density at radius 3 is 2.54 bits per heavy atom. The maximum atomic E-state index is 11.8. The van der Waals surface area contributed by atoms with Gasteiger partial charge in [0.05, 0.1) is 6.61 Å². The number of para-hydroxylation sites is 1. The van der Waals surface area contributed by atoms with Gasteiger partial charge >= 0.3 is 5.97 Å². The minimum atomic E-state index is -0.582. The molecule has 0 atom stereocenters. The van der Waals surface area contributed by atoms with Gasteiger partial charge in [-0.15, -0.1) is 0 Å². The van der Waals surface area contributed by atoms with E-state index in [0.717, 1.165) is 16.7 Å². The molecule has 5 heteroatoms. The molecule has 2 rings (SSSR count). The molecule has 2 aromatic carbocycles. The summed E-state index contributed by atoms with van der Waals surface area (Å²) >= 11 is 0. The van der Waals surface area contributed by atoms with Crippen LogP contribution in [0.3, 0.4) is 0 Å². The molecule has 0 aliphatic rings. The molecule has 5 nitrogen and oxygen atoms in total. The lowest BCUT2D eigenvalue weighted by Gasteiger charge is -2.07. The maximum Gasteiger partial charge on any atom is 0.331 e. The van der Waals surface area contributed by atoms with Crippen LogP contribution in [0, 0.1) is 6.92 Å². The van der Waals surface area contributed by atoms with E-state index < -0.39 is 5.97 Å². The van der Waals surface area contributed by atoms with E-state index in [1.54, 1.807) is 6.08 Å². The number of hydrogen-bond acceptors (Lipinski definition) is 4. The van der Waals surface area contributed by atoms with E-state index in [4.69, 9.17) is 9.47 Å². The normalized spacial score (nSPS) is 10.5. The highest BCUT2D eigenvalue weighted by Gasteiger charge is 2.06. The molecule has 1 amide bonds. The number of amides is 1. The monoisotopic (exact) mass is 353 g/mol. The molecule has 0 radical (unpaired) electrons. The minimum absolute atomic E-state index is 0.317. The maximum absolute atomic E-state index is 11.8. The molecule has 0 aliphatic carbocycles. The predicted octanol–water partition coefficient (Wildman–Crippen LogP) is 3.27. The number of aryl methyl sites for hydroxylation is 1. The lowest BCUT2D eigenvalue weighted by atomic mass is 10.1. The van der Waals surface area contributed by atoms with Gasteiger partial charge in [-0.1, -0.05) is 48.0 Å². The zero-order valence-corrected chi connectivity index (χ0v) is 15.0. The van der Waals surface area contributed by atoms with E-state index >= 15 is 0 Å². The number of rotatable bonds is 8. The van der Waals surface area contributed by atoms with Crippen molar-refractivity contribution in [1.82, 2.24) is 5.32 Å². The first-order valence-corrected chi connectivity index (χ1v) is 8.47. The molecular formula is C21H23NO4. The third kappa shape index (κ3) is 6.43. The Hall–Kier alpha value is -3.08. The van der Waals surface area contributed by atoms with Gasteiger partial charge in [-0.25, -0.2) is 4.79 Å². The lowest BCUT2D eigenvalue weighted by Crippen LogP contribution is -2.28. The third-order valence-corrected chi connectivity index (χ3v) is 3.57. The molecule has 0 heterocycles. The van der Waals surface area contributed by atoms with E-state index in [0.29, 0.717) is 18.9 Å². The Bertz CT molecular complexity index is 766. The Balaban J connectivity index is 1.77. The second kappa shape index (κ2) is 10.0. The average molecular weight is 353 g/mol. The molecule has 0 saturated heterocycles. The summed E-state index contributed by atoms with van der Waals surface area (Å²) in [6.07, 6.45) is 2.89. The van der Waals surface area contributed by atoms with Crippen LogP contribution >= 0.6 is 0 Å². The summed E-state index contributed by atoms with van der Waals surface area (Å²) < 4.78 is 10.4. The number of benzene rings is 2. The molecule has 0 aliphatic heterocycles. The van der Waals surface area contributed by atoms with Crippen molar-refractivity contribution in [1.29, 1.82) is 0 Å². The van der Waals surface area contributed by atoms with Crippen LogP contribution in [0.4, 0.5) is 0 Å². The molecule has 0 spiro atoms. The van der Waals surface area contributed by atoms with Crippen LogP contribution in [-0.4, -0.2) is 25.1 Å². The Labute approximate surface area is 153 Å². The second-order valence-electron chi connectivity index (χ2n) is 5.67. The fourth-order valence-corrected chi connectivity index (χ4v) is 2.21. The van der Waals surface area contributed by atoms with Gasteiger partial charge in [0, 0.05) is 18.2 Å². The van der Waals surface area contributed by atoms with Gasteiger partial charge in [-0.3, -0.25) is 4.79 Å². The number of esters is 1. The first-order chi connectivity index (χ1) is 12.6. The number of carbonyl (C=O) groups excluding carboxylic acids is 2. The predicted molar refractivity (Wildman–Crippen MR) is 101 cm³/mol. The Morgan fingerprint density at radius 1 is 1.08 bits per heavy atom. The van der Waals surface area contributed by atoms with Crippen LogP contribution < -0.4 is 10.1 Å². The zero-order valence-electron chi connectivity index (χ0n) is 15.0. The molecule has 0 saturated carbocycles. The van der Waals surface area contributed by atoms with Crippen LogP contribution in [0.1, 0.15) is 23.6 Å². The number of nitrogens with one attached hydrogen (secondary N) is 1. The second-order valence-corrected chi connectivity index (χ2v) is 5.67. The van der Waals surface area contributed by atoms with E-state index in [9.17, 15) is 9.59 Å². The lowest BCUT2D eigenvalue weighted by molar-refractivity contribution is -0.143. The van der Waals surface area contributed by atoms with Crippen LogP contribution in [0.2, 0.25) is 0 Å². The Morgan fingerprint density at radius 2 is 1.81 bits per heavy atom. The number of ether oxygens (including phenoxy) is 2. The number of carbonyl (C=O) groups is 2. The summed E-state index contributed by atoms with van der Waals surface area (Å²) in [4.78, 5) is 23.5. The SMILES string of the molecule is CCOc1ccccc1/C=C/C(=O)OCC(=O)NCc1ccc(C)cc1. The molecule has 0 aromatic heterocycles. The quantitative estimate of drug-likeness (QED) is 0.584. The van der Waals surface area contributed by atoms with Crippen molar-refractivity contribution in [3.63, 3.8) is 0 Å². The molecular weight excluding hydrogens is 330 g/mol. The highest BCUT2D eigenvalue weighted by atomic mass is 16.5. The van der Waals surface area contributed by atoms with E-state index in [-0.39, 0.29) is 12.5 Å². The summed E-state index contributed by atoms with van der Waals surface area (Å²) in [6.45, 7) is 4.51. The van der Waals surface area contributed by atoms with Gasteiger partial charge in [0.1, 0.15) is 5.75 Å². The van der Waals surface area contributed by atoms with Crippen LogP contribution in [0.5, 0.6) is 5.75 Å².